The Labute approximate surface area is 161 Å². The van der Waals surface area contributed by atoms with Crippen molar-refractivity contribution in [3.8, 4) is 34.3 Å². The second-order valence-corrected chi connectivity index (χ2v) is 6.16. The Morgan fingerprint density at radius 2 is 1.93 bits per heavy atom. The van der Waals surface area contributed by atoms with Crippen LogP contribution in [0.2, 0.25) is 0 Å². The maximum atomic E-state index is 12.8. The van der Waals surface area contributed by atoms with Gasteiger partial charge in [0, 0.05) is 11.1 Å². The Balaban J connectivity index is 1.69. The molecule has 2 N–H and O–H groups in total. The van der Waals surface area contributed by atoms with Crippen LogP contribution < -0.4 is 24.3 Å². The van der Waals surface area contributed by atoms with E-state index >= 15 is 0 Å². The number of nitrogens with zero attached hydrogens (tertiary/aromatic N) is 1. The number of anilines is 1. The number of H-pyrrole nitrogens is 1. The summed E-state index contributed by atoms with van der Waals surface area (Å²) in [7, 11) is 3.17. The lowest BCUT2D eigenvalue weighted by molar-refractivity contribution is 0.102. The average molecular weight is 381 g/mol. The Morgan fingerprint density at radius 1 is 1.11 bits per heavy atom. The van der Waals surface area contributed by atoms with Gasteiger partial charge in [-0.2, -0.15) is 5.10 Å². The molecule has 0 fully saturated rings. The summed E-state index contributed by atoms with van der Waals surface area (Å²) in [6.07, 6.45) is 0. The van der Waals surface area contributed by atoms with E-state index in [9.17, 15) is 4.79 Å². The maximum absolute atomic E-state index is 12.8. The fourth-order valence-corrected chi connectivity index (χ4v) is 3.00. The van der Waals surface area contributed by atoms with E-state index in [1.54, 1.807) is 44.6 Å². The van der Waals surface area contributed by atoms with Crippen molar-refractivity contribution in [1.82, 2.24) is 10.2 Å². The van der Waals surface area contributed by atoms with Crippen LogP contribution in [0.4, 0.5) is 5.69 Å². The molecule has 0 atom stereocenters. The summed E-state index contributed by atoms with van der Waals surface area (Å²) in [5.41, 5.74) is 2.99. The van der Waals surface area contributed by atoms with Crippen molar-refractivity contribution in [1.29, 1.82) is 0 Å². The molecule has 8 nitrogen and oxygen atoms in total. The number of carbonyl (C=O) groups is 1. The quantitative estimate of drug-likeness (QED) is 0.704. The lowest BCUT2D eigenvalue weighted by atomic mass is 10.1. The molecule has 4 rings (SSSR count). The van der Waals surface area contributed by atoms with Gasteiger partial charge in [-0.3, -0.25) is 9.89 Å². The van der Waals surface area contributed by atoms with Crippen molar-refractivity contribution in [3.05, 3.63) is 47.7 Å². The first-order valence-corrected chi connectivity index (χ1v) is 8.59. The van der Waals surface area contributed by atoms with E-state index in [1.165, 1.54) is 0 Å². The number of fused-ring (bicyclic) bond motifs is 1. The molecule has 144 valence electrons. The Kier molecular flexibility index (Phi) is 4.52. The number of aromatic nitrogens is 2. The predicted molar refractivity (Wildman–Crippen MR) is 102 cm³/mol. The minimum atomic E-state index is -0.286. The maximum Gasteiger partial charge on any atom is 0.255 e. The third-order valence-corrected chi connectivity index (χ3v) is 4.48. The molecule has 0 spiro atoms. The van der Waals surface area contributed by atoms with E-state index in [0.29, 0.717) is 51.2 Å². The zero-order valence-electron chi connectivity index (χ0n) is 15.7. The summed E-state index contributed by atoms with van der Waals surface area (Å²) in [6.45, 7) is 1.99. The molecule has 1 aromatic heterocycles. The van der Waals surface area contributed by atoms with Gasteiger partial charge >= 0.3 is 0 Å². The molecule has 8 heteroatoms. The van der Waals surface area contributed by atoms with Crippen LogP contribution in [0.15, 0.2) is 36.4 Å². The number of hydrogen-bond donors (Lipinski definition) is 2. The molecule has 1 aliphatic rings. The molecule has 0 saturated carbocycles. The third-order valence-electron chi connectivity index (χ3n) is 4.48. The number of aryl methyl sites for hydroxylation is 1. The van der Waals surface area contributed by atoms with E-state index < -0.39 is 0 Å². The van der Waals surface area contributed by atoms with Gasteiger partial charge < -0.3 is 24.3 Å². The average Bonchev–Trinajstić information content (AvgIpc) is 3.33. The lowest BCUT2D eigenvalue weighted by Crippen LogP contribution is -2.13. The number of amides is 1. The van der Waals surface area contributed by atoms with Gasteiger partial charge in [0.05, 0.1) is 25.6 Å². The highest BCUT2D eigenvalue weighted by Crippen LogP contribution is 2.38. The van der Waals surface area contributed by atoms with Gasteiger partial charge in [-0.25, -0.2) is 0 Å². The summed E-state index contributed by atoms with van der Waals surface area (Å²) >= 11 is 0. The van der Waals surface area contributed by atoms with Crippen LogP contribution in [0.3, 0.4) is 0 Å². The second kappa shape index (κ2) is 7.15. The van der Waals surface area contributed by atoms with E-state index in [-0.39, 0.29) is 12.7 Å². The molecule has 28 heavy (non-hydrogen) atoms. The molecular weight excluding hydrogens is 362 g/mol. The first-order valence-electron chi connectivity index (χ1n) is 8.59. The number of ether oxygens (including phenoxy) is 4. The van der Waals surface area contributed by atoms with Crippen LogP contribution in [0, 0.1) is 6.92 Å². The topological polar surface area (TPSA) is 94.7 Å². The highest BCUT2D eigenvalue weighted by Gasteiger charge is 2.21. The number of nitrogens with one attached hydrogen (secondary N) is 2. The summed E-state index contributed by atoms with van der Waals surface area (Å²) < 4.78 is 21.4. The van der Waals surface area contributed by atoms with Crippen LogP contribution in [0.5, 0.6) is 23.0 Å². The highest BCUT2D eigenvalue weighted by molar-refractivity contribution is 6.07. The van der Waals surface area contributed by atoms with Crippen molar-refractivity contribution in [2.24, 2.45) is 0 Å². The van der Waals surface area contributed by atoms with E-state index in [1.807, 2.05) is 13.0 Å². The standard InChI is InChI=1S/C20H19N3O5/c1-11-18(21-20(24)12-4-6-16-17(8-12)28-10-27-16)19(23-22-11)14-9-13(25-2)5-7-15(14)26-3/h4-9H,10H2,1-3H3,(H,21,24)(H,22,23). The molecule has 0 unspecified atom stereocenters. The smallest absolute Gasteiger partial charge is 0.255 e. The van der Waals surface area contributed by atoms with Gasteiger partial charge in [0.1, 0.15) is 17.2 Å². The fourth-order valence-electron chi connectivity index (χ4n) is 3.00. The Morgan fingerprint density at radius 3 is 2.71 bits per heavy atom. The summed E-state index contributed by atoms with van der Waals surface area (Å²) in [5.74, 6) is 2.16. The number of aromatic amines is 1. The van der Waals surface area contributed by atoms with Crippen molar-refractivity contribution in [3.63, 3.8) is 0 Å². The number of hydrogen-bond acceptors (Lipinski definition) is 6. The molecular formula is C20H19N3O5. The zero-order chi connectivity index (χ0) is 19.7. The van der Waals surface area contributed by atoms with Crippen molar-refractivity contribution >= 4 is 11.6 Å². The van der Waals surface area contributed by atoms with Crippen LogP contribution >= 0.6 is 0 Å². The van der Waals surface area contributed by atoms with Crippen LogP contribution in [0.25, 0.3) is 11.3 Å². The minimum absolute atomic E-state index is 0.154. The monoisotopic (exact) mass is 381 g/mol. The number of carbonyl (C=O) groups excluding carboxylic acids is 1. The lowest BCUT2D eigenvalue weighted by Gasteiger charge is -2.11. The summed E-state index contributed by atoms with van der Waals surface area (Å²) in [6, 6.07) is 10.5. The summed E-state index contributed by atoms with van der Waals surface area (Å²) in [5, 5.41) is 10.2. The van der Waals surface area contributed by atoms with Crippen LogP contribution in [-0.2, 0) is 0 Å². The highest BCUT2D eigenvalue weighted by atomic mass is 16.7. The largest absolute Gasteiger partial charge is 0.497 e. The van der Waals surface area contributed by atoms with Gasteiger partial charge in [0.25, 0.3) is 5.91 Å². The minimum Gasteiger partial charge on any atom is -0.497 e. The zero-order valence-corrected chi connectivity index (χ0v) is 15.7. The molecule has 2 aromatic carbocycles. The van der Waals surface area contributed by atoms with Gasteiger partial charge in [0.2, 0.25) is 6.79 Å². The van der Waals surface area contributed by atoms with Gasteiger partial charge in [-0.05, 0) is 43.3 Å². The molecule has 2 heterocycles. The fraction of sp³-hybridized carbons (Fsp3) is 0.200. The van der Waals surface area contributed by atoms with E-state index in [2.05, 4.69) is 15.5 Å². The van der Waals surface area contributed by atoms with E-state index in [4.69, 9.17) is 18.9 Å². The molecule has 0 saturated heterocycles. The Hall–Kier alpha value is -3.68. The molecule has 0 radical (unpaired) electrons. The first kappa shape index (κ1) is 17.7. The summed E-state index contributed by atoms with van der Waals surface area (Å²) in [4.78, 5) is 12.8. The van der Waals surface area contributed by atoms with Gasteiger partial charge in [-0.1, -0.05) is 0 Å². The van der Waals surface area contributed by atoms with E-state index in [0.717, 1.165) is 0 Å². The molecule has 3 aromatic rings. The van der Waals surface area contributed by atoms with Crippen molar-refractivity contribution in [2.45, 2.75) is 6.92 Å². The van der Waals surface area contributed by atoms with Crippen molar-refractivity contribution < 1.29 is 23.7 Å². The van der Waals surface area contributed by atoms with Gasteiger partial charge in [0.15, 0.2) is 11.5 Å². The second-order valence-electron chi connectivity index (χ2n) is 6.16. The number of benzene rings is 2. The first-order chi connectivity index (χ1) is 13.6. The van der Waals surface area contributed by atoms with Crippen LogP contribution in [-0.4, -0.2) is 37.1 Å². The molecule has 0 aliphatic carbocycles. The predicted octanol–water partition coefficient (Wildman–Crippen LogP) is 3.38. The van der Waals surface area contributed by atoms with Gasteiger partial charge in [-0.15, -0.1) is 0 Å². The molecule has 0 bridgehead atoms. The van der Waals surface area contributed by atoms with Crippen molar-refractivity contribution in [2.75, 3.05) is 26.3 Å². The normalized spacial score (nSPS) is 12.0. The SMILES string of the molecule is COc1ccc(OC)c(-c2n[nH]c(C)c2NC(=O)c2ccc3c(c2)OCO3)c1. The molecule has 1 amide bonds. The number of methoxy groups -OCH3 is 2. The molecule has 1 aliphatic heterocycles. The third kappa shape index (κ3) is 3.09. The number of rotatable bonds is 5. The Bertz CT molecular complexity index is 1040. The van der Waals surface area contributed by atoms with Crippen LogP contribution in [0.1, 0.15) is 16.1 Å².